The number of anilines is 1. The Bertz CT molecular complexity index is 590. The van der Waals surface area contributed by atoms with Gasteiger partial charge in [0.25, 0.3) is 0 Å². The number of ether oxygens (including phenoxy) is 1. The summed E-state index contributed by atoms with van der Waals surface area (Å²) in [4.78, 5) is 16.3. The first-order chi connectivity index (χ1) is 8.78. The van der Waals surface area contributed by atoms with E-state index < -0.39 is 0 Å². The number of thiazole rings is 1. The van der Waals surface area contributed by atoms with Crippen LogP contribution in [0.5, 0.6) is 5.75 Å². The lowest BCUT2D eigenvalue weighted by Crippen LogP contribution is -2.27. The fourth-order valence-corrected chi connectivity index (χ4v) is 2.91. The molecule has 1 fully saturated rings. The molecular formula is C13H14N2O2S. The first-order valence-corrected chi connectivity index (χ1v) is 6.84. The summed E-state index contributed by atoms with van der Waals surface area (Å²) in [6.07, 6.45) is 3.16. The molecular weight excluding hydrogens is 248 g/mol. The third-order valence-corrected chi connectivity index (χ3v) is 4.24. The van der Waals surface area contributed by atoms with E-state index in [-0.39, 0.29) is 11.8 Å². The summed E-state index contributed by atoms with van der Waals surface area (Å²) < 4.78 is 6.28. The van der Waals surface area contributed by atoms with Crippen LogP contribution in [0.25, 0.3) is 10.2 Å². The number of carbonyl (C=O) groups is 1. The largest absolute Gasteiger partial charge is 0.494 e. The topological polar surface area (TPSA) is 51.2 Å². The Balaban J connectivity index is 1.86. The second-order valence-corrected chi connectivity index (χ2v) is 5.47. The van der Waals surface area contributed by atoms with E-state index in [4.69, 9.17) is 4.74 Å². The van der Waals surface area contributed by atoms with Gasteiger partial charge < -0.3 is 10.1 Å². The van der Waals surface area contributed by atoms with Crippen LogP contribution in [-0.4, -0.2) is 18.0 Å². The van der Waals surface area contributed by atoms with Crippen molar-refractivity contribution in [1.82, 2.24) is 4.98 Å². The molecule has 1 aromatic heterocycles. The van der Waals surface area contributed by atoms with Gasteiger partial charge in [-0.15, -0.1) is 0 Å². The van der Waals surface area contributed by atoms with Gasteiger partial charge in [0.15, 0.2) is 5.13 Å². The van der Waals surface area contributed by atoms with Crippen LogP contribution < -0.4 is 10.1 Å². The van der Waals surface area contributed by atoms with Crippen LogP contribution >= 0.6 is 11.3 Å². The van der Waals surface area contributed by atoms with E-state index in [1.807, 2.05) is 18.2 Å². The second kappa shape index (κ2) is 4.57. The lowest BCUT2D eigenvalue weighted by Gasteiger charge is -2.23. The number of rotatable bonds is 3. The van der Waals surface area contributed by atoms with Gasteiger partial charge in [0, 0.05) is 5.92 Å². The molecule has 0 spiro atoms. The van der Waals surface area contributed by atoms with Crippen molar-refractivity contribution < 1.29 is 9.53 Å². The molecule has 1 aliphatic rings. The third-order valence-electron chi connectivity index (χ3n) is 3.31. The highest BCUT2D eigenvalue weighted by atomic mass is 32.1. The van der Waals surface area contributed by atoms with E-state index in [9.17, 15) is 4.79 Å². The molecule has 0 unspecified atom stereocenters. The Hall–Kier alpha value is -1.62. The maximum absolute atomic E-state index is 11.9. The van der Waals surface area contributed by atoms with Crippen LogP contribution in [0.4, 0.5) is 5.13 Å². The highest BCUT2D eigenvalue weighted by Crippen LogP contribution is 2.33. The van der Waals surface area contributed by atoms with Crippen molar-refractivity contribution in [3.63, 3.8) is 0 Å². The number of nitrogens with one attached hydrogen (secondary N) is 1. The molecule has 0 saturated heterocycles. The van der Waals surface area contributed by atoms with Gasteiger partial charge >= 0.3 is 0 Å². The molecule has 1 amide bonds. The van der Waals surface area contributed by atoms with Crippen molar-refractivity contribution in [1.29, 1.82) is 0 Å². The number of methoxy groups -OCH3 is 1. The summed E-state index contributed by atoms with van der Waals surface area (Å²) in [6, 6.07) is 5.78. The van der Waals surface area contributed by atoms with Crippen LogP contribution in [0.1, 0.15) is 19.3 Å². The van der Waals surface area contributed by atoms with Gasteiger partial charge in [-0.3, -0.25) is 4.79 Å². The predicted molar refractivity (Wildman–Crippen MR) is 72.1 cm³/mol. The number of hydrogen-bond donors (Lipinski definition) is 1. The zero-order valence-electron chi connectivity index (χ0n) is 10.1. The smallest absolute Gasteiger partial charge is 0.229 e. The van der Waals surface area contributed by atoms with Crippen LogP contribution in [0.2, 0.25) is 0 Å². The quantitative estimate of drug-likeness (QED) is 0.925. The van der Waals surface area contributed by atoms with Crippen molar-refractivity contribution >= 4 is 32.6 Å². The Morgan fingerprint density at radius 3 is 3.00 bits per heavy atom. The molecule has 4 nitrogen and oxygen atoms in total. The normalized spacial score (nSPS) is 15.4. The van der Waals surface area contributed by atoms with Gasteiger partial charge in [-0.2, -0.15) is 0 Å². The maximum atomic E-state index is 11.9. The molecule has 2 aromatic rings. The molecule has 0 aliphatic heterocycles. The van der Waals surface area contributed by atoms with Gasteiger partial charge in [0.05, 0.1) is 11.8 Å². The van der Waals surface area contributed by atoms with Crippen molar-refractivity contribution in [2.75, 3.05) is 12.4 Å². The number of carbonyl (C=O) groups excluding carboxylic acids is 1. The molecule has 0 radical (unpaired) electrons. The van der Waals surface area contributed by atoms with Gasteiger partial charge in [0.1, 0.15) is 11.3 Å². The van der Waals surface area contributed by atoms with E-state index in [1.54, 1.807) is 7.11 Å². The zero-order chi connectivity index (χ0) is 12.5. The number of nitrogens with zero attached hydrogens (tertiary/aromatic N) is 1. The van der Waals surface area contributed by atoms with Crippen LogP contribution in [0.15, 0.2) is 18.2 Å². The Morgan fingerprint density at radius 2 is 2.33 bits per heavy atom. The van der Waals surface area contributed by atoms with Crippen molar-refractivity contribution in [2.24, 2.45) is 5.92 Å². The molecule has 94 valence electrons. The number of benzene rings is 1. The number of aromatic nitrogens is 1. The lowest BCUT2D eigenvalue weighted by atomic mass is 9.85. The van der Waals surface area contributed by atoms with Crippen LogP contribution in [0.3, 0.4) is 0 Å². The Morgan fingerprint density at radius 1 is 1.50 bits per heavy atom. The van der Waals surface area contributed by atoms with E-state index in [2.05, 4.69) is 10.3 Å². The molecule has 1 saturated carbocycles. The maximum Gasteiger partial charge on any atom is 0.229 e. The van der Waals surface area contributed by atoms with Crippen molar-refractivity contribution in [3.05, 3.63) is 18.2 Å². The molecule has 0 atom stereocenters. The van der Waals surface area contributed by atoms with Crippen molar-refractivity contribution in [2.45, 2.75) is 19.3 Å². The average molecular weight is 262 g/mol. The summed E-state index contributed by atoms with van der Waals surface area (Å²) in [7, 11) is 1.63. The van der Waals surface area contributed by atoms with Gasteiger partial charge in [-0.1, -0.05) is 23.8 Å². The summed E-state index contributed by atoms with van der Waals surface area (Å²) in [5.41, 5.74) is 0.814. The highest BCUT2D eigenvalue weighted by molar-refractivity contribution is 7.22. The number of fused-ring (bicyclic) bond motifs is 1. The molecule has 1 heterocycles. The summed E-state index contributed by atoms with van der Waals surface area (Å²) >= 11 is 1.48. The minimum absolute atomic E-state index is 0.0965. The standard InChI is InChI=1S/C13H14N2O2S/c1-17-9-6-3-7-10-11(9)14-13(18-10)15-12(16)8-4-2-5-8/h3,6-8H,2,4-5H2,1H3,(H,14,15,16). The van der Waals surface area contributed by atoms with Gasteiger partial charge in [-0.25, -0.2) is 4.98 Å². The first-order valence-electron chi connectivity index (χ1n) is 6.02. The fourth-order valence-electron chi connectivity index (χ4n) is 2.02. The number of para-hydroxylation sites is 1. The van der Waals surface area contributed by atoms with E-state index in [0.717, 1.165) is 35.2 Å². The van der Waals surface area contributed by atoms with Gasteiger partial charge in [0.2, 0.25) is 5.91 Å². The zero-order valence-corrected chi connectivity index (χ0v) is 10.9. The van der Waals surface area contributed by atoms with Crippen LogP contribution in [-0.2, 0) is 4.79 Å². The molecule has 1 N–H and O–H groups in total. The lowest BCUT2D eigenvalue weighted by molar-refractivity contribution is -0.122. The average Bonchev–Trinajstić information content (AvgIpc) is 2.68. The van der Waals surface area contributed by atoms with E-state index >= 15 is 0 Å². The third kappa shape index (κ3) is 1.95. The fraction of sp³-hybridized carbons (Fsp3) is 0.385. The molecule has 1 aliphatic carbocycles. The highest BCUT2D eigenvalue weighted by Gasteiger charge is 2.25. The monoisotopic (exact) mass is 262 g/mol. The van der Waals surface area contributed by atoms with E-state index in [0.29, 0.717) is 5.13 Å². The van der Waals surface area contributed by atoms with Crippen molar-refractivity contribution in [3.8, 4) is 5.75 Å². The molecule has 18 heavy (non-hydrogen) atoms. The summed E-state index contributed by atoms with van der Waals surface area (Å²) in [5, 5.41) is 3.56. The Kier molecular flexibility index (Phi) is 2.91. The molecule has 1 aromatic carbocycles. The first kappa shape index (κ1) is 11.5. The summed E-state index contributed by atoms with van der Waals surface area (Å²) in [5.74, 6) is 1.02. The van der Waals surface area contributed by atoms with E-state index in [1.165, 1.54) is 11.3 Å². The minimum atomic E-state index is 0.0965. The Labute approximate surface area is 109 Å². The SMILES string of the molecule is COc1cccc2sc(NC(=O)C3CCC3)nc12. The molecule has 0 bridgehead atoms. The van der Waals surface area contributed by atoms with Crippen LogP contribution in [0, 0.1) is 5.92 Å². The molecule has 5 heteroatoms. The van der Waals surface area contributed by atoms with Gasteiger partial charge in [-0.05, 0) is 25.0 Å². The second-order valence-electron chi connectivity index (χ2n) is 4.44. The number of hydrogen-bond acceptors (Lipinski definition) is 4. The predicted octanol–water partition coefficient (Wildman–Crippen LogP) is 3.04. The summed E-state index contributed by atoms with van der Waals surface area (Å²) in [6.45, 7) is 0. The minimum Gasteiger partial charge on any atom is -0.494 e. The molecule has 3 rings (SSSR count). The number of amides is 1.